The van der Waals surface area contributed by atoms with Crippen molar-refractivity contribution in [3.8, 4) is 0 Å². The SMILES string of the molecule is N=C(N)NCCC[C@H](NC(=O)[C@H](Cc1cccs1)NC(=O)[C@@H](Cc1ccccc1)NC(=O)[C@H](CO)NC(=O)[C@H](Cc1cccs1)NC(=O)CNC(=O)[C@@H]1CC(O)CN1C(=O)[C@@H]1CCCN1C(=O)[C@H](CCCNC(=N)N)NC(=O)[C@@H](CCCNC(=N)N)NC(=O)Cc1c2ccccc2nc2ccccc12)C(=O)O. The van der Waals surface area contributed by atoms with E-state index in [4.69, 9.17) is 38.4 Å². The number of nitrogens with two attached hydrogens (primary N) is 3. The fourth-order valence-electron chi connectivity index (χ4n) is 12.7. The van der Waals surface area contributed by atoms with E-state index in [-0.39, 0.29) is 128 Å². The van der Waals surface area contributed by atoms with Crippen LogP contribution in [0.4, 0.5) is 0 Å². The van der Waals surface area contributed by atoms with Crippen LogP contribution in [0.15, 0.2) is 114 Å². The number of guanidine groups is 3. The lowest BCUT2D eigenvalue weighted by molar-refractivity contribution is -0.148. The van der Waals surface area contributed by atoms with Crippen molar-refractivity contribution >= 4 is 127 Å². The molecule has 2 aliphatic rings. The third kappa shape index (κ3) is 24.3. The number of aliphatic hydroxyl groups is 2. The summed E-state index contributed by atoms with van der Waals surface area (Å²) in [6.07, 6.45) is -1.03. The summed E-state index contributed by atoms with van der Waals surface area (Å²) in [5, 5.41) is 88.2. The topological polar surface area (TPSA) is 550 Å². The number of hydrogen-bond acceptors (Lipinski definition) is 19. The Hall–Kier alpha value is -11.4. The molecular formula is C71H92N20O14S2. The van der Waals surface area contributed by atoms with Gasteiger partial charge in [0, 0.05) is 78.9 Å². The molecule has 6 aromatic rings. The smallest absolute Gasteiger partial charge is 0.326 e. The number of nitrogens with zero attached hydrogens (tertiary/aromatic N) is 3. The zero-order valence-corrected chi connectivity index (χ0v) is 60.2. The van der Waals surface area contributed by atoms with Crippen molar-refractivity contribution in [2.75, 3.05) is 45.9 Å². The number of aliphatic hydroxyl groups excluding tert-OH is 2. The minimum Gasteiger partial charge on any atom is -0.480 e. The lowest BCUT2D eigenvalue weighted by atomic mass is 9.99. The third-order valence-electron chi connectivity index (χ3n) is 18.0. The molecule has 3 aromatic carbocycles. The Morgan fingerprint density at radius 2 is 0.991 bits per heavy atom. The molecule has 572 valence electrons. The number of carbonyl (C=O) groups excluding carboxylic acids is 10. The number of aromatic nitrogens is 1. The summed E-state index contributed by atoms with van der Waals surface area (Å²) in [5.74, 6) is -10.5. The van der Waals surface area contributed by atoms with E-state index in [0.717, 1.165) is 15.7 Å². The van der Waals surface area contributed by atoms with Crippen LogP contribution in [0.2, 0.25) is 0 Å². The highest BCUT2D eigenvalue weighted by Crippen LogP contribution is 2.29. The van der Waals surface area contributed by atoms with Crippen LogP contribution in [0.25, 0.3) is 21.8 Å². The molecule has 3 aromatic heterocycles. The van der Waals surface area contributed by atoms with Crippen molar-refractivity contribution in [2.24, 2.45) is 17.2 Å². The summed E-state index contributed by atoms with van der Waals surface area (Å²) in [6.45, 7) is -1.66. The first-order valence-corrected chi connectivity index (χ1v) is 36.7. The van der Waals surface area contributed by atoms with Gasteiger partial charge in [-0.15, -0.1) is 22.7 Å². The highest BCUT2D eigenvalue weighted by atomic mass is 32.1. The second-order valence-corrected chi connectivity index (χ2v) is 27.9. The number of benzene rings is 3. The molecule has 10 amide bonds. The van der Waals surface area contributed by atoms with E-state index >= 15 is 0 Å². The fraction of sp³-hybridized carbons (Fsp3) is 0.423. The van der Waals surface area contributed by atoms with Crippen molar-refractivity contribution < 1.29 is 68.1 Å². The van der Waals surface area contributed by atoms with Gasteiger partial charge >= 0.3 is 5.97 Å². The molecule has 10 atom stereocenters. The van der Waals surface area contributed by atoms with Gasteiger partial charge in [-0.25, -0.2) is 9.78 Å². The van der Waals surface area contributed by atoms with Crippen molar-refractivity contribution in [2.45, 2.75) is 144 Å². The number of hydrogen-bond donors (Lipinski definition) is 20. The van der Waals surface area contributed by atoms with E-state index in [9.17, 15) is 68.1 Å². The second-order valence-electron chi connectivity index (χ2n) is 25.9. The fourth-order valence-corrected chi connectivity index (χ4v) is 14.2. The van der Waals surface area contributed by atoms with Gasteiger partial charge in [0.2, 0.25) is 59.1 Å². The minimum absolute atomic E-state index is 0.0309. The number of carboxylic acid groups (broad SMARTS) is 1. The number of para-hydroxylation sites is 2. The molecule has 0 bridgehead atoms. The molecule has 0 saturated carbocycles. The predicted molar refractivity (Wildman–Crippen MR) is 399 cm³/mol. The number of carbonyl (C=O) groups is 11. The van der Waals surface area contributed by atoms with Crippen LogP contribution in [0, 0.1) is 16.2 Å². The summed E-state index contributed by atoms with van der Waals surface area (Å²) in [7, 11) is 0. The molecular weight excluding hydrogens is 1420 g/mol. The second kappa shape index (κ2) is 40.2. The van der Waals surface area contributed by atoms with E-state index < -0.39 is 139 Å². The maximum absolute atomic E-state index is 14.9. The van der Waals surface area contributed by atoms with E-state index in [1.54, 1.807) is 65.4 Å². The largest absolute Gasteiger partial charge is 0.480 e. The molecule has 2 fully saturated rings. The van der Waals surface area contributed by atoms with Gasteiger partial charge in [-0.1, -0.05) is 78.9 Å². The summed E-state index contributed by atoms with van der Waals surface area (Å²) >= 11 is 2.51. The molecule has 2 saturated heterocycles. The molecule has 0 aliphatic carbocycles. The minimum atomic E-state index is -1.75. The van der Waals surface area contributed by atoms with Crippen LogP contribution in [-0.4, -0.2) is 219 Å². The van der Waals surface area contributed by atoms with Crippen molar-refractivity contribution in [1.29, 1.82) is 16.2 Å². The monoisotopic (exact) mass is 1510 g/mol. The highest BCUT2D eigenvalue weighted by molar-refractivity contribution is 7.10. The van der Waals surface area contributed by atoms with E-state index in [0.29, 0.717) is 38.3 Å². The summed E-state index contributed by atoms with van der Waals surface area (Å²) in [5.41, 5.74) is 19.0. The Bertz CT molecular complexity index is 4080. The van der Waals surface area contributed by atoms with Crippen LogP contribution in [0.3, 0.4) is 0 Å². The number of likely N-dealkylation sites (tertiary alicyclic amines) is 2. The standard InChI is InChI=1S/C71H92N20O14S2/c72-69(73)78-26-8-22-49(83-58(94)36-46-44-18-4-6-20-47(44)82-48-21-7-5-19-45(46)48)60(96)85-50(23-9-27-79-70(74)75)66(102)90-29-11-25-56(90)67(103)91-38-41(93)33-57(91)65(101)81-37-59(95)84-53(34-42-16-12-30-106-42)62(98)89-55(39-92)64(100)87-52(32-40-14-2-1-3-15-40)61(97)88-54(35-43-17-13-31-107-43)63(99)86-51(68(104)105)24-10-28-80-71(76)77/h1-7,12-21,30-31,41,49-57,92-93H,8-11,22-29,32-39H2,(H,81,101)(H,83,94)(H,84,95)(H,85,96)(H,86,99)(H,87,100)(H,88,97)(H,89,98)(H,104,105)(H4,72,73,78)(H4,74,75,79)(H4,76,77,80)/t41?,49-,50+,51+,52-,53+,54+,55+,56+,57+/m1/s1. The maximum atomic E-state index is 14.9. The van der Waals surface area contributed by atoms with Crippen LogP contribution in [0.1, 0.15) is 78.7 Å². The summed E-state index contributed by atoms with van der Waals surface area (Å²) in [4.78, 5) is 164. The Morgan fingerprint density at radius 3 is 1.52 bits per heavy atom. The summed E-state index contributed by atoms with van der Waals surface area (Å²) < 4.78 is 0. The van der Waals surface area contributed by atoms with Crippen molar-refractivity contribution in [3.05, 3.63) is 135 Å². The van der Waals surface area contributed by atoms with Gasteiger partial charge in [-0.05, 0) is 97.5 Å². The van der Waals surface area contributed by atoms with Crippen LogP contribution < -0.4 is 75.7 Å². The average Bonchev–Trinajstić information content (AvgIpc) is 1.77. The normalized spacial score (nSPS) is 16.6. The Morgan fingerprint density at radius 1 is 0.523 bits per heavy atom. The number of rotatable bonds is 39. The number of pyridine rings is 1. The molecule has 2 aliphatic heterocycles. The van der Waals surface area contributed by atoms with E-state index in [2.05, 4.69) is 58.5 Å². The van der Waals surface area contributed by atoms with E-state index in [1.807, 2.05) is 48.5 Å². The Balaban J connectivity index is 0.919. The number of carboxylic acids is 1. The molecule has 5 heterocycles. The predicted octanol–water partition coefficient (Wildman–Crippen LogP) is -1.89. The van der Waals surface area contributed by atoms with Crippen LogP contribution in [-0.2, 0) is 78.4 Å². The Kier molecular flexibility index (Phi) is 30.6. The zero-order valence-electron chi connectivity index (χ0n) is 58.6. The van der Waals surface area contributed by atoms with Gasteiger partial charge in [0.1, 0.15) is 54.4 Å². The molecule has 1 unspecified atom stereocenters. The van der Waals surface area contributed by atoms with Gasteiger partial charge in [-0.3, -0.25) is 64.2 Å². The molecule has 36 heteroatoms. The van der Waals surface area contributed by atoms with Crippen LogP contribution >= 0.6 is 22.7 Å². The average molecular weight is 1510 g/mol. The van der Waals surface area contributed by atoms with Gasteiger partial charge in [0.25, 0.3) is 0 Å². The third-order valence-corrected chi connectivity index (χ3v) is 19.8. The lowest BCUT2D eigenvalue weighted by Gasteiger charge is -2.33. The molecule has 23 N–H and O–H groups in total. The molecule has 107 heavy (non-hydrogen) atoms. The van der Waals surface area contributed by atoms with Gasteiger partial charge in [-0.2, -0.15) is 0 Å². The van der Waals surface area contributed by atoms with Crippen molar-refractivity contribution in [3.63, 3.8) is 0 Å². The first-order valence-electron chi connectivity index (χ1n) is 35.0. The van der Waals surface area contributed by atoms with Crippen molar-refractivity contribution in [1.82, 2.24) is 73.3 Å². The summed E-state index contributed by atoms with van der Waals surface area (Å²) in [6, 6.07) is 17.4. The number of amides is 10. The number of aliphatic carboxylic acids is 1. The number of fused-ring (bicyclic) bond motifs is 2. The van der Waals surface area contributed by atoms with Gasteiger partial charge < -0.3 is 101 Å². The zero-order chi connectivity index (χ0) is 77.1. The molecule has 8 rings (SSSR count). The first kappa shape index (κ1) is 81.3. The van der Waals surface area contributed by atoms with Gasteiger partial charge in [0.15, 0.2) is 17.9 Å². The molecule has 0 spiro atoms. The molecule has 34 nitrogen and oxygen atoms in total. The highest BCUT2D eigenvalue weighted by Gasteiger charge is 2.46. The Labute approximate surface area is 623 Å². The number of nitrogens with one attached hydrogen (secondary N) is 14. The quantitative estimate of drug-likeness (QED) is 0.00868. The molecule has 0 radical (unpaired) electrons. The lowest BCUT2D eigenvalue weighted by Crippen LogP contribution is -2.60. The van der Waals surface area contributed by atoms with Crippen LogP contribution in [0.5, 0.6) is 0 Å². The first-order chi connectivity index (χ1) is 51.3. The number of thiophene rings is 2. The number of β-amino-alcohol motifs (C(OH)–C–C–N with tert-alkyl or cyclic N) is 1. The van der Waals surface area contributed by atoms with E-state index in [1.165, 1.54) is 27.6 Å². The maximum Gasteiger partial charge on any atom is 0.326 e. The van der Waals surface area contributed by atoms with Gasteiger partial charge in [0.05, 0.1) is 36.7 Å².